The van der Waals surface area contributed by atoms with E-state index in [1.807, 2.05) is 0 Å². The molecule has 1 aromatic heterocycles. The highest BCUT2D eigenvalue weighted by atomic mass is 35.5. The van der Waals surface area contributed by atoms with Gasteiger partial charge in [0.2, 0.25) is 0 Å². The lowest BCUT2D eigenvalue weighted by Crippen LogP contribution is -2.12. The van der Waals surface area contributed by atoms with Crippen molar-refractivity contribution < 1.29 is 13.9 Å². The molecular formula is C17H11ClF2N4O. The number of fused-ring (bicyclic) bond motifs is 3. The van der Waals surface area contributed by atoms with Crippen LogP contribution in [0.25, 0.3) is 5.69 Å². The van der Waals surface area contributed by atoms with Crippen LogP contribution in [0.1, 0.15) is 22.8 Å². The van der Waals surface area contributed by atoms with Crippen molar-refractivity contribution in [3.63, 3.8) is 0 Å². The van der Waals surface area contributed by atoms with E-state index in [1.165, 1.54) is 18.2 Å². The van der Waals surface area contributed by atoms with Crippen molar-refractivity contribution in [1.29, 1.82) is 0 Å². The van der Waals surface area contributed by atoms with Crippen LogP contribution in [-0.2, 0) is 13.2 Å². The van der Waals surface area contributed by atoms with Crippen LogP contribution < -0.4 is 0 Å². The third kappa shape index (κ3) is 2.52. The lowest BCUT2D eigenvalue weighted by atomic mass is 9.99. The van der Waals surface area contributed by atoms with Crippen LogP contribution in [0.4, 0.5) is 8.78 Å². The highest BCUT2D eigenvalue weighted by Crippen LogP contribution is 2.29. The minimum Gasteiger partial charge on any atom is -0.388 e. The minimum absolute atomic E-state index is 0.0579. The standard InChI is InChI=1S/C17H11ClF2N4O/c18-9-4-5-13-10(6-9)17(16-11(19)2-1-3-12(16)20)21-7-14-22-23-15(8-25)24(13)14/h1-6,25H,7-8H2. The van der Waals surface area contributed by atoms with Crippen LogP contribution in [0.15, 0.2) is 41.4 Å². The van der Waals surface area contributed by atoms with Crippen molar-refractivity contribution in [2.45, 2.75) is 13.2 Å². The Hall–Kier alpha value is -2.64. The molecule has 0 bridgehead atoms. The number of hydrogen-bond donors (Lipinski definition) is 1. The molecule has 1 aliphatic heterocycles. The summed E-state index contributed by atoms with van der Waals surface area (Å²) in [6.45, 7) is -0.277. The number of halogens is 3. The van der Waals surface area contributed by atoms with E-state index >= 15 is 0 Å². The van der Waals surface area contributed by atoms with Gasteiger partial charge in [-0.15, -0.1) is 10.2 Å². The number of aliphatic hydroxyl groups is 1. The zero-order valence-corrected chi connectivity index (χ0v) is 13.5. The average molecular weight is 361 g/mol. The molecule has 0 amide bonds. The van der Waals surface area contributed by atoms with Crippen LogP contribution in [0.3, 0.4) is 0 Å². The van der Waals surface area contributed by atoms with Gasteiger partial charge in [0.1, 0.15) is 24.8 Å². The average Bonchev–Trinajstić information content (AvgIpc) is 2.93. The highest BCUT2D eigenvalue weighted by Gasteiger charge is 2.26. The van der Waals surface area contributed by atoms with Gasteiger partial charge in [-0.2, -0.15) is 0 Å². The van der Waals surface area contributed by atoms with Gasteiger partial charge in [0.15, 0.2) is 11.6 Å². The van der Waals surface area contributed by atoms with Crippen LogP contribution in [-0.4, -0.2) is 25.6 Å². The zero-order valence-electron chi connectivity index (χ0n) is 12.7. The van der Waals surface area contributed by atoms with Gasteiger partial charge < -0.3 is 5.11 Å². The molecule has 0 saturated carbocycles. The molecule has 25 heavy (non-hydrogen) atoms. The molecule has 0 radical (unpaired) electrons. The van der Waals surface area contributed by atoms with E-state index in [4.69, 9.17) is 11.6 Å². The van der Waals surface area contributed by atoms with Crippen molar-refractivity contribution in [3.05, 3.63) is 75.8 Å². The van der Waals surface area contributed by atoms with E-state index in [0.717, 1.165) is 0 Å². The summed E-state index contributed by atoms with van der Waals surface area (Å²) in [5.74, 6) is -0.669. The molecule has 0 atom stereocenters. The molecule has 0 saturated heterocycles. The Morgan fingerprint density at radius 1 is 1.12 bits per heavy atom. The quantitative estimate of drug-likeness (QED) is 0.764. The van der Waals surface area contributed by atoms with Gasteiger partial charge in [-0.05, 0) is 30.3 Å². The molecule has 0 unspecified atom stereocenters. The molecule has 0 spiro atoms. The van der Waals surface area contributed by atoms with Gasteiger partial charge in [-0.1, -0.05) is 17.7 Å². The van der Waals surface area contributed by atoms with Crippen LogP contribution in [0, 0.1) is 11.6 Å². The molecule has 5 nitrogen and oxygen atoms in total. The maximum absolute atomic E-state index is 14.3. The molecule has 2 heterocycles. The third-order valence-corrected chi connectivity index (χ3v) is 4.21. The third-order valence-electron chi connectivity index (χ3n) is 3.97. The SMILES string of the molecule is OCc1nnc2n1-c1ccc(Cl)cc1C(c1c(F)cccc1F)=NC2. The Balaban J connectivity index is 2.03. The first-order valence-corrected chi connectivity index (χ1v) is 7.81. The fourth-order valence-electron chi connectivity index (χ4n) is 2.90. The van der Waals surface area contributed by atoms with Gasteiger partial charge in [0.25, 0.3) is 0 Å². The van der Waals surface area contributed by atoms with E-state index < -0.39 is 11.6 Å². The fraction of sp³-hybridized carbons (Fsp3) is 0.118. The second kappa shape index (κ2) is 6.02. The van der Waals surface area contributed by atoms with Crippen LogP contribution >= 0.6 is 11.6 Å². The number of hydrogen-bond acceptors (Lipinski definition) is 4. The van der Waals surface area contributed by atoms with Gasteiger partial charge in [0, 0.05) is 10.6 Å². The molecule has 3 aromatic rings. The predicted molar refractivity (Wildman–Crippen MR) is 88.0 cm³/mol. The number of benzene rings is 2. The summed E-state index contributed by atoms with van der Waals surface area (Å²) in [6.07, 6.45) is 0. The fourth-order valence-corrected chi connectivity index (χ4v) is 3.07. The van der Waals surface area contributed by atoms with Crippen LogP contribution in [0.2, 0.25) is 5.02 Å². The first-order chi connectivity index (χ1) is 12.1. The smallest absolute Gasteiger partial charge is 0.163 e. The number of aliphatic imine (C=N–C) groups is 1. The number of nitrogens with zero attached hydrogens (tertiary/aromatic N) is 4. The summed E-state index contributed by atoms with van der Waals surface area (Å²) in [6, 6.07) is 8.56. The number of aromatic nitrogens is 3. The molecule has 1 N–H and O–H groups in total. The maximum atomic E-state index is 14.3. The molecular weight excluding hydrogens is 350 g/mol. The minimum atomic E-state index is -0.718. The van der Waals surface area contributed by atoms with E-state index in [2.05, 4.69) is 15.2 Å². The van der Waals surface area contributed by atoms with E-state index in [0.29, 0.717) is 27.9 Å². The van der Waals surface area contributed by atoms with Crippen molar-refractivity contribution in [2.75, 3.05) is 0 Å². The van der Waals surface area contributed by atoms with Crippen LogP contribution in [0.5, 0.6) is 0 Å². The van der Waals surface area contributed by atoms with E-state index in [-0.39, 0.29) is 24.4 Å². The van der Waals surface area contributed by atoms with Gasteiger partial charge in [-0.3, -0.25) is 9.56 Å². The monoisotopic (exact) mass is 360 g/mol. The summed E-state index contributed by atoms with van der Waals surface area (Å²) >= 11 is 6.10. The summed E-state index contributed by atoms with van der Waals surface area (Å²) in [5, 5.41) is 17.8. The Morgan fingerprint density at radius 3 is 2.60 bits per heavy atom. The first kappa shape index (κ1) is 15.9. The summed E-state index contributed by atoms with van der Waals surface area (Å²) in [5.41, 5.74) is 0.898. The van der Waals surface area contributed by atoms with Crippen molar-refractivity contribution in [3.8, 4) is 5.69 Å². The predicted octanol–water partition coefficient (Wildman–Crippen LogP) is 3.04. The molecule has 2 aromatic carbocycles. The molecule has 1 aliphatic rings. The second-order valence-electron chi connectivity index (χ2n) is 5.45. The van der Waals surface area contributed by atoms with Gasteiger partial charge in [-0.25, -0.2) is 8.78 Å². The second-order valence-corrected chi connectivity index (χ2v) is 5.89. The molecule has 126 valence electrons. The summed E-state index contributed by atoms with van der Waals surface area (Å²) in [4.78, 5) is 4.36. The maximum Gasteiger partial charge on any atom is 0.163 e. The van der Waals surface area contributed by atoms with Crippen molar-refractivity contribution in [1.82, 2.24) is 14.8 Å². The van der Waals surface area contributed by atoms with E-state index in [9.17, 15) is 13.9 Å². The van der Waals surface area contributed by atoms with E-state index in [1.54, 1.807) is 22.8 Å². The zero-order chi connectivity index (χ0) is 17.6. The summed E-state index contributed by atoms with van der Waals surface area (Å²) in [7, 11) is 0. The summed E-state index contributed by atoms with van der Waals surface area (Å²) < 4.78 is 30.3. The Bertz CT molecular complexity index is 996. The lowest BCUT2D eigenvalue weighted by molar-refractivity contribution is 0.268. The first-order valence-electron chi connectivity index (χ1n) is 7.43. The molecule has 0 aliphatic carbocycles. The van der Waals surface area contributed by atoms with Gasteiger partial charge >= 0.3 is 0 Å². The Labute approximate surface area is 146 Å². The number of aliphatic hydroxyl groups excluding tert-OH is 1. The normalized spacial score (nSPS) is 13.0. The molecule has 0 fully saturated rings. The number of rotatable bonds is 2. The van der Waals surface area contributed by atoms with Crippen molar-refractivity contribution in [2.24, 2.45) is 4.99 Å². The largest absolute Gasteiger partial charge is 0.388 e. The molecule has 8 heteroatoms. The highest BCUT2D eigenvalue weighted by molar-refractivity contribution is 6.31. The molecule has 4 rings (SSSR count). The lowest BCUT2D eigenvalue weighted by Gasteiger charge is -2.14. The Morgan fingerprint density at radius 2 is 1.88 bits per heavy atom. The van der Waals surface area contributed by atoms with Crippen molar-refractivity contribution >= 4 is 17.3 Å². The topological polar surface area (TPSA) is 63.3 Å². The Kier molecular flexibility index (Phi) is 3.82. The van der Waals surface area contributed by atoms with Gasteiger partial charge in [0.05, 0.1) is 17.0 Å².